The molecule has 1 amide bonds. The first-order valence-corrected chi connectivity index (χ1v) is 10.6. The van der Waals surface area contributed by atoms with Crippen LogP contribution in [-0.2, 0) is 11.2 Å². The minimum absolute atomic E-state index is 0.0622. The smallest absolute Gasteiger partial charge is 0.252 e. The van der Waals surface area contributed by atoms with Gasteiger partial charge in [0.05, 0.1) is 12.0 Å². The van der Waals surface area contributed by atoms with Crippen LogP contribution in [0.4, 0.5) is 5.82 Å². The van der Waals surface area contributed by atoms with Crippen LogP contribution in [0.2, 0.25) is 0 Å². The lowest BCUT2D eigenvalue weighted by atomic mass is 10.1. The Labute approximate surface area is 185 Å². The van der Waals surface area contributed by atoms with Gasteiger partial charge in [-0.25, -0.2) is 4.98 Å². The second-order valence-electron chi connectivity index (χ2n) is 7.84. The molecule has 0 unspecified atom stereocenters. The molecule has 8 heteroatoms. The number of anilines is 1. The fourth-order valence-electron chi connectivity index (χ4n) is 3.34. The van der Waals surface area contributed by atoms with E-state index in [2.05, 4.69) is 20.4 Å². The van der Waals surface area contributed by atoms with Crippen molar-refractivity contribution in [2.75, 3.05) is 5.32 Å². The fraction of sp³-hybridized carbons (Fsp3) is 0.250. The van der Waals surface area contributed by atoms with E-state index in [1.54, 1.807) is 24.5 Å². The molecule has 0 aliphatic heterocycles. The van der Waals surface area contributed by atoms with Gasteiger partial charge in [-0.15, -0.1) is 0 Å². The zero-order valence-corrected chi connectivity index (χ0v) is 18.0. The first-order valence-electron chi connectivity index (χ1n) is 10.6. The summed E-state index contributed by atoms with van der Waals surface area (Å²) < 4.78 is 6.88. The summed E-state index contributed by atoms with van der Waals surface area (Å²) in [6, 6.07) is 16.8. The molecule has 2 N–H and O–H groups in total. The van der Waals surface area contributed by atoms with Gasteiger partial charge in [0.2, 0.25) is 11.9 Å². The summed E-state index contributed by atoms with van der Waals surface area (Å²) in [7, 11) is 0. The van der Waals surface area contributed by atoms with Crippen LogP contribution < -0.4 is 10.9 Å². The van der Waals surface area contributed by atoms with Gasteiger partial charge in [0.25, 0.3) is 5.56 Å². The molecule has 0 aliphatic carbocycles. The second kappa shape index (κ2) is 9.47. The van der Waals surface area contributed by atoms with Gasteiger partial charge in [-0.3, -0.25) is 14.6 Å². The van der Waals surface area contributed by atoms with Crippen LogP contribution in [0.15, 0.2) is 70.1 Å². The Kier molecular flexibility index (Phi) is 6.30. The third-order valence-electron chi connectivity index (χ3n) is 5.00. The number of hydrogen-bond donors (Lipinski definition) is 2. The monoisotopic (exact) mass is 431 g/mol. The number of benzene rings is 1. The predicted molar refractivity (Wildman–Crippen MR) is 122 cm³/mol. The molecule has 0 bridgehead atoms. The quantitative estimate of drug-likeness (QED) is 0.433. The molecule has 164 valence electrons. The highest BCUT2D eigenvalue weighted by Gasteiger charge is 2.17. The molecule has 3 heterocycles. The second-order valence-corrected chi connectivity index (χ2v) is 7.84. The van der Waals surface area contributed by atoms with Gasteiger partial charge in [0, 0.05) is 18.6 Å². The first-order chi connectivity index (χ1) is 15.5. The summed E-state index contributed by atoms with van der Waals surface area (Å²) in [6.07, 6.45) is 3.44. The molecule has 0 saturated carbocycles. The molecule has 0 spiro atoms. The number of nitrogens with zero attached hydrogens (tertiary/aromatic N) is 3. The highest BCUT2D eigenvalue weighted by atomic mass is 16.3. The zero-order chi connectivity index (χ0) is 22.5. The molecular weight excluding hydrogens is 406 g/mol. The van der Waals surface area contributed by atoms with Crippen molar-refractivity contribution in [1.29, 1.82) is 0 Å². The van der Waals surface area contributed by atoms with Crippen molar-refractivity contribution in [2.45, 2.75) is 39.0 Å². The van der Waals surface area contributed by atoms with E-state index >= 15 is 0 Å². The van der Waals surface area contributed by atoms with Crippen LogP contribution >= 0.6 is 0 Å². The van der Waals surface area contributed by atoms with Gasteiger partial charge in [0.1, 0.15) is 11.5 Å². The van der Waals surface area contributed by atoms with Crippen LogP contribution in [0, 0.1) is 0 Å². The number of rotatable bonds is 8. The van der Waals surface area contributed by atoms with E-state index in [1.165, 1.54) is 16.3 Å². The number of H-pyrrole nitrogens is 1. The normalized spacial score (nSPS) is 11.1. The Hall–Kier alpha value is -3.94. The molecular formula is C24H25N5O3. The van der Waals surface area contributed by atoms with Gasteiger partial charge in [-0.05, 0) is 36.5 Å². The predicted octanol–water partition coefficient (Wildman–Crippen LogP) is 4.30. The summed E-state index contributed by atoms with van der Waals surface area (Å²) in [5.74, 6) is 1.11. The molecule has 1 aromatic carbocycles. The Morgan fingerprint density at radius 1 is 1.16 bits per heavy atom. The van der Waals surface area contributed by atoms with Gasteiger partial charge >= 0.3 is 0 Å². The zero-order valence-electron chi connectivity index (χ0n) is 18.0. The highest BCUT2D eigenvalue weighted by Crippen LogP contribution is 2.24. The lowest BCUT2D eigenvalue weighted by molar-refractivity contribution is -0.116. The molecule has 3 aromatic heterocycles. The van der Waals surface area contributed by atoms with Crippen molar-refractivity contribution >= 4 is 11.7 Å². The summed E-state index contributed by atoms with van der Waals surface area (Å²) in [5, 5.41) is 7.42. The van der Waals surface area contributed by atoms with E-state index in [-0.39, 0.29) is 23.3 Å². The van der Waals surface area contributed by atoms with Crippen LogP contribution in [0.25, 0.3) is 17.4 Å². The minimum atomic E-state index is -0.283. The SMILES string of the molecule is CC(C)c1cc(=O)[nH]c(-n2nc(-c3ccco3)cc2NC(=O)CCCc2ccccc2)n1. The number of furan rings is 1. The molecule has 0 radical (unpaired) electrons. The summed E-state index contributed by atoms with van der Waals surface area (Å²) >= 11 is 0. The van der Waals surface area contributed by atoms with E-state index in [0.717, 1.165) is 6.42 Å². The molecule has 0 saturated heterocycles. The van der Waals surface area contributed by atoms with E-state index in [4.69, 9.17) is 4.42 Å². The lowest BCUT2D eigenvalue weighted by Gasteiger charge is -2.10. The maximum atomic E-state index is 12.7. The Balaban J connectivity index is 1.58. The van der Waals surface area contributed by atoms with Crippen molar-refractivity contribution in [3.63, 3.8) is 0 Å². The Morgan fingerprint density at radius 3 is 2.69 bits per heavy atom. The molecule has 0 atom stereocenters. The van der Waals surface area contributed by atoms with Gasteiger partial charge < -0.3 is 9.73 Å². The van der Waals surface area contributed by atoms with Crippen LogP contribution in [0.5, 0.6) is 0 Å². The molecule has 4 aromatic rings. The molecule has 32 heavy (non-hydrogen) atoms. The van der Waals surface area contributed by atoms with E-state index in [9.17, 15) is 9.59 Å². The van der Waals surface area contributed by atoms with Crippen LogP contribution in [-0.4, -0.2) is 25.7 Å². The van der Waals surface area contributed by atoms with Crippen molar-refractivity contribution in [3.8, 4) is 17.4 Å². The van der Waals surface area contributed by atoms with Crippen molar-refractivity contribution in [1.82, 2.24) is 19.7 Å². The maximum absolute atomic E-state index is 12.7. The number of carbonyl (C=O) groups excluding carboxylic acids is 1. The number of amides is 1. The summed E-state index contributed by atoms with van der Waals surface area (Å²) in [4.78, 5) is 32.1. The number of aryl methyl sites for hydroxylation is 1. The standard InChI is InChI=1S/C24H25N5O3/c1-16(2)18-15-23(31)27-24(25-18)29-21(14-19(28-29)20-11-7-13-32-20)26-22(30)12-6-10-17-8-4-3-5-9-17/h3-5,7-9,11,13-16H,6,10,12H2,1-2H3,(H,26,30)(H,25,27,31). The van der Waals surface area contributed by atoms with E-state index < -0.39 is 0 Å². The van der Waals surface area contributed by atoms with Gasteiger partial charge in [-0.2, -0.15) is 9.78 Å². The van der Waals surface area contributed by atoms with Crippen LogP contribution in [0.3, 0.4) is 0 Å². The van der Waals surface area contributed by atoms with Crippen molar-refractivity contribution in [2.24, 2.45) is 0 Å². The maximum Gasteiger partial charge on any atom is 0.252 e. The minimum Gasteiger partial charge on any atom is -0.463 e. The molecule has 8 nitrogen and oxygen atoms in total. The van der Waals surface area contributed by atoms with Crippen molar-refractivity contribution in [3.05, 3.63) is 82.5 Å². The molecule has 4 rings (SSSR count). The largest absolute Gasteiger partial charge is 0.463 e. The van der Waals surface area contributed by atoms with E-state index in [0.29, 0.717) is 35.8 Å². The third kappa shape index (κ3) is 5.03. The Bertz CT molecular complexity index is 1240. The topological polar surface area (TPSA) is 106 Å². The van der Waals surface area contributed by atoms with E-state index in [1.807, 2.05) is 44.2 Å². The summed E-state index contributed by atoms with van der Waals surface area (Å²) in [5.41, 5.74) is 2.07. The lowest BCUT2D eigenvalue weighted by Crippen LogP contribution is -2.19. The number of aromatic amines is 1. The van der Waals surface area contributed by atoms with Gasteiger partial charge in [-0.1, -0.05) is 44.2 Å². The highest BCUT2D eigenvalue weighted by molar-refractivity contribution is 5.90. The number of carbonyl (C=O) groups is 1. The van der Waals surface area contributed by atoms with Gasteiger partial charge in [0.15, 0.2) is 5.76 Å². The summed E-state index contributed by atoms with van der Waals surface area (Å²) in [6.45, 7) is 3.91. The average molecular weight is 431 g/mol. The number of hydrogen-bond acceptors (Lipinski definition) is 5. The Morgan fingerprint density at radius 2 is 1.97 bits per heavy atom. The number of aromatic nitrogens is 4. The van der Waals surface area contributed by atoms with Crippen LogP contribution in [0.1, 0.15) is 43.9 Å². The molecule has 0 aliphatic rings. The average Bonchev–Trinajstić information content (AvgIpc) is 3.44. The number of nitrogens with one attached hydrogen (secondary N) is 2. The first kappa shape index (κ1) is 21.3. The molecule has 0 fully saturated rings. The fourth-order valence-corrected chi connectivity index (χ4v) is 3.34. The third-order valence-corrected chi connectivity index (χ3v) is 5.00. The van der Waals surface area contributed by atoms with Crippen molar-refractivity contribution < 1.29 is 9.21 Å².